The first-order chi connectivity index (χ1) is 15.5. The quantitative estimate of drug-likeness (QED) is 0.489. The van der Waals surface area contributed by atoms with Crippen LogP contribution in [0.2, 0.25) is 0 Å². The number of aromatic nitrogens is 4. The summed E-state index contributed by atoms with van der Waals surface area (Å²) in [6, 6.07) is 20.0. The van der Waals surface area contributed by atoms with Crippen LogP contribution in [0.15, 0.2) is 70.3 Å². The van der Waals surface area contributed by atoms with Gasteiger partial charge in [0.15, 0.2) is 11.2 Å². The van der Waals surface area contributed by atoms with Crippen LogP contribution >= 0.6 is 0 Å². The largest absolute Gasteiger partial charge is 0.342 e. The molecule has 0 amide bonds. The van der Waals surface area contributed by atoms with E-state index in [1.807, 2.05) is 53.1 Å². The normalized spacial score (nSPS) is 15.8. The van der Waals surface area contributed by atoms with Gasteiger partial charge in [-0.1, -0.05) is 67.6 Å². The lowest BCUT2D eigenvalue weighted by Gasteiger charge is -2.33. The molecule has 4 aromatic rings. The van der Waals surface area contributed by atoms with Gasteiger partial charge in [-0.2, -0.15) is 4.98 Å². The van der Waals surface area contributed by atoms with Crippen LogP contribution in [0.5, 0.6) is 0 Å². The van der Waals surface area contributed by atoms with E-state index in [0.717, 1.165) is 31.0 Å². The van der Waals surface area contributed by atoms with Crippen LogP contribution in [0, 0.1) is 5.92 Å². The minimum absolute atomic E-state index is 0.246. The van der Waals surface area contributed by atoms with Gasteiger partial charge in [-0.15, -0.1) is 0 Å². The van der Waals surface area contributed by atoms with Crippen LogP contribution in [-0.4, -0.2) is 31.8 Å². The summed E-state index contributed by atoms with van der Waals surface area (Å²) in [6.07, 6.45) is 0.897. The molecular weight excluding hydrogens is 402 g/mol. The predicted molar refractivity (Wildman–Crippen MR) is 126 cm³/mol. The van der Waals surface area contributed by atoms with Gasteiger partial charge in [-0.05, 0) is 23.5 Å². The van der Waals surface area contributed by atoms with E-state index in [9.17, 15) is 9.59 Å². The third-order valence-corrected chi connectivity index (χ3v) is 6.22. The van der Waals surface area contributed by atoms with Crippen LogP contribution in [0.4, 0.5) is 5.95 Å². The number of benzene rings is 2. The first kappa shape index (κ1) is 20.3. The highest BCUT2D eigenvalue weighted by Crippen LogP contribution is 2.27. The van der Waals surface area contributed by atoms with Gasteiger partial charge in [-0.3, -0.25) is 13.9 Å². The van der Waals surface area contributed by atoms with E-state index in [1.54, 1.807) is 7.05 Å². The molecule has 0 bridgehead atoms. The maximum absolute atomic E-state index is 13.5. The zero-order chi connectivity index (χ0) is 22.2. The maximum Gasteiger partial charge on any atom is 0.332 e. The van der Waals surface area contributed by atoms with Crippen molar-refractivity contribution in [3.8, 4) is 0 Å². The summed E-state index contributed by atoms with van der Waals surface area (Å²) < 4.78 is 4.84. The molecule has 1 aliphatic heterocycles. The molecule has 0 saturated heterocycles. The Labute approximate surface area is 186 Å². The number of rotatable bonds is 5. The molecule has 1 atom stereocenters. The molecule has 1 aliphatic rings. The van der Waals surface area contributed by atoms with Crippen LogP contribution < -0.4 is 16.1 Å². The summed E-state index contributed by atoms with van der Waals surface area (Å²) in [5.74, 6) is 1.15. The molecule has 7 heteroatoms. The van der Waals surface area contributed by atoms with Crippen molar-refractivity contribution < 1.29 is 0 Å². The molecule has 0 spiro atoms. The highest BCUT2D eigenvalue weighted by atomic mass is 16.2. The van der Waals surface area contributed by atoms with Crippen molar-refractivity contribution in [2.24, 2.45) is 13.0 Å². The number of anilines is 1. The van der Waals surface area contributed by atoms with Crippen molar-refractivity contribution in [2.45, 2.75) is 26.4 Å². The van der Waals surface area contributed by atoms with Crippen LogP contribution in [0.1, 0.15) is 18.1 Å². The zero-order valence-electron chi connectivity index (χ0n) is 18.4. The molecule has 0 radical (unpaired) electrons. The number of hydrogen-bond acceptors (Lipinski definition) is 4. The van der Waals surface area contributed by atoms with E-state index >= 15 is 0 Å². The second kappa shape index (κ2) is 8.15. The Morgan fingerprint density at radius 3 is 2.28 bits per heavy atom. The Morgan fingerprint density at radius 1 is 0.938 bits per heavy atom. The van der Waals surface area contributed by atoms with Crippen LogP contribution in [0.3, 0.4) is 0 Å². The molecule has 3 heterocycles. The van der Waals surface area contributed by atoms with E-state index in [-0.39, 0.29) is 17.8 Å². The van der Waals surface area contributed by atoms with E-state index < -0.39 is 0 Å². The highest BCUT2D eigenvalue weighted by Gasteiger charge is 2.28. The van der Waals surface area contributed by atoms with Crippen molar-refractivity contribution >= 4 is 17.1 Å². The molecule has 0 saturated carbocycles. The SMILES string of the molecule is CC1CN(CCc2ccccc2)c2nc3c(c(=O)n(Cc4ccccc4)c(=O)n3C)n2C1. The molecule has 0 fully saturated rings. The second-order valence-corrected chi connectivity index (χ2v) is 8.70. The van der Waals surface area contributed by atoms with E-state index in [0.29, 0.717) is 23.6 Å². The van der Waals surface area contributed by atoms with Gasteiger partial charge in [0.2, 0.25) is 5.95 Å². The van der Waals surface area contributed by atoms with Crippen molar-refractivity contribution in [1.82, 2.24) is 18.7 Å². The van der Waals surface area contributed by atoms with Crippen molar-refractivity contribution in [1.29, 1.82) is 0 Å². The molecule has 0 N–H and O–H groups in total. The number of hydrogen-bond donors (Lipinski definition) is 0. The number of imidazole rings is 1. The summed E-state index contributed by atoms with van der Waals surface area (Å²) in [5, 5.41) is 0. The van der Waals surface area contributed by atoms with Gasteiger partial charge in [0.05, 0.1) is 6.54 Å². The Bertz CT molecular complexity index is 1370. The Balaban J connectivity index is 1.59. The highest BCUT2D eigenvalue weighted by molar-refractivity contribution is 5.75. The fraction of sp³-hybridized carbons (Fsp3) is 0.320. The summed E-state index contributed by atoms with van der Waals surface area (Å²) in [7, 11) is 1.70. The third-order valence-electron chi connectivity index (χ3n) is 6.22. The second-order valence-electron chi connectivity index (χ2n) is 8.70. The molecule has 1 unspecified atom stereocenters. The van der Waals surface area contributed by atoms with Crippen LogP contribution in [0.25, 0.3) is 11.2 Å². The monoisotopic (exact) mass is 429 g/mol. The van der Waals surface area contributed by atoms with Gasteiger partial charge < -0.3 is 9.47 Å². The summed E-state index contributed by atoms with van der Waals surface area (Å²) in [5.41, 5.74) is 2.54. The fourth-order valence-corrected chi connectivity index (χ4v) is 4.61. The zero-order valence-corrected chi connectivity index (χ0v) is 18.4. The summed E-state index contributed by atoms with van der Waals surface area (Å²) in [4.78, 5) is 33.6. The molecule has 2 aromatic carbocycles. The van der Waals surface area contributed by atoms with Crippen molar-refractivity contribution in [2.75, 3.05) is 18.0 Å². The van der Waals surface area contributed by atoms with Crippen molar-refractivity contribution in [3.05, 3.63) is 92.6 Å². The number of aryl methyl sites for hydroxylation is 1. The summed E-state index contributed by atoms with van der Waals surface area (Å²) >= 11 is 0. The Hall–Kier alpha value is -3.61. The maximum atomic E-state index is 13.5. The van der Waals surface area contributed by atoms with Gasteiger partial charge in [0, 0.05) is 26.7 Å². The van der Waals surface area contributed by atoms with Gasteiger partial charge >= 0.3 is 5.69 Å². The van der Waals surface area contributed by atoms with Gasteiger partial charge in [0.1, 0.15) is 0 Å². The third kappa shape index (κ3) is 3.53. The van der Waals surface area contributed by atoms with Crippen molar-refractivity contribution in [3.63, 3.8) is 0 Å². The van der Waals surface area contributed by atoms with Crippen LogP contribution in [-0.2, 0) is 26.6 Å². The minimum atomic E-state index is -0.342. The Kier molecular flexibility index (Phi) is 5.17. The fourth-order valence-electron chi connectivity index (χ4n) is 4.61. The molecule has 5 rings (SSSR count). The van der Waals surface area contributed by atoms with E-state index in [2.05, 4.69) is 24.0 Å². The lowest BCUT2D eigenvalue weighted by Crippen LogP contribution is -2.41. The summed E-state index contributed by atoms with van der Waals surface area (Å²) in [6.45, 7) is 4.84. The van der Waals surface area contributed by atoms with Gasteiger partial charge in [-0.25, -0.2) is 4.79 Å². The molecule has 2 aromatic heterocycles. The van der Waals surface area contributed by atoms with E-state index in [4.69, 9.17) is 4.98 Å². The molecule has 164 valence electrons. The topological polar surface area (TPSA) is 65.1 Å². The molecule has 32 heavy (non-hydrogen) atoms. The molecule has 7 nitrogen and oxygen atoms in total. The average Bonchev–Trinajstić information content (AvgIpc) is 3.20. The minimum Gasteiger partial charge on any atom is -0.342 e. The average molecular weight is 430 g/mol. The first-order valence-corrected chi connectivity index (χ1v) is 11.1. The number of nitrogens with zero attached hydrogens (tertiary/aromatic N) is 5. The van der Waals surface area contributed by atoms with E-state index in [1.165, 1.54) is 14.7 Å². The lowest BCUT2D eigenvalue weighted by atomic mass is 10.1. The molecule has 0 aliphatic carbocycles. The molecular formula is C25H27N5O2. The first-order valence-electron chi connectivity index (χ1n) is 11.1. The Morgan fingerprint density at radius 2 is 1.59 bits per heavy atom. The lowest BCUT2D eigenvalue weighted by molar-refractivity contribution is 0.437. The smallest absolute Gasteiger partial charge is 0.332 e. The van der Waals surface area contributed by atoms with Gasteiger partial charge in [0.25, 0.3) is 5.56 Å². The predicted octanol–water partition coefficient (Wildman–Crippen LogP) is 2.64. The standard InChI is InChI=1S/C25H27N5O2/c1-18-15-28(14-13-19-9-5-3-6-10-19)24-26-22-21(29(24)16-18)23(31)30(25(32)27(22)2)17-20-11-7-4-8-12-20/h3-12,18H,13-17H2,1-2H3. The number of fused-ring (bicyclic) bond motifs is 3.